The third-order valence-electron chi connectivity index (χ3n) is 3.94. The Morgan fingerprint density at radius 1 is 1.40 bits per heavy atom. The summed E-state index contributed by atoms with van der Waals surface area (Å²) in [5.41, 5.74) is 0.119. The minimum atomic E-state index is -1.11. The maximum atomic E-state index is 12.3. The zero-order valence-electron chi connectivity index (χ0n) is 12.1. The molecule has 20 heavy (non-hydrogen) atoms. The number of aliphatic carboxylic acids is 1. The van der Waals surface area contributed by atoms with Crippen molar-refractivity contribution in [3.63, 3.8) is 0 Å². The number of nitrogens with one attached hydrogen (secondary N) is 1. The molecule has 0 radical (unpaired) electrons. The Morgan fingerprint density at radius 3 is 2.45 bits per heavy atom. The molecule has 6 nitrogen and oxygen atoms in total. The summed E-state index contributed by atoms with van der Waals surface area (Å²) >= 11 is 0. The van der Waals surface area contributed by atoms with Crippen molar-refractivity contribution in [1.82, 2.24) is 15.1 Å². The number of rotatable bonds is 4. The van der Waals surface area contributed by atoms with Gasteiger partial charge in [-0.1, -0.05) is 26.7 Å². The molecule has 1 aromatic heterocycles. The van der Waals surface area contributed by atoms with Crippen molar-refractivity contribution in [3.05, 3.63) is 17.5 Å². The van der Waals surface area contributed by atoms with Crippen LogP contribution < -0.4 is 5.32 Å². The third kappa shape index (κ3) is 2.55. The number of aromatic nitrogens is 2. The average Bonchev–Trinajstić information content (AvgIpc) is 2.96. The van der Waals surface area contributed by atoms with Gasteiger partial charge in [0, 0.05) is 7.05 Å². The highest BCUT2D eigenvalue weighted by molar-refractivity contribution is 5.96. The summed E-state index contributed by atoms with van der Waals surface area (Å²) in [5.74, 6) is -1.09. The van der Waals surface area contributed by atoms with E-state index in [1.54, 1.807) is 13.1 Å². The first-order valence-corrected chi connectivity index (χ1v) is 6.95. The Hall–Kier alpha value is -1.85. The predicted molar refractivity (Wildman–Crippen MR) is 73.6 cm³/mol. The summed E-state index contributed by atoms with van der Waals surface area (Å²) in [7, 11) is 1.70. The van der Waals surface area contributed by atoms with Gasteiger partial charge >= 0.3 is 5.97 Å². The molecule has 1 aliphatic rings. The quantitative estimate of drug-likeness (QED) is 0.878. The number of carboxylic acids is 1. The van der Waals surface area contributed by atoms with E-state index in [1.165, 1.54) is 4.68 Å². The van der Waals surface area contributed by atoms with E-state index < -0.39 is 11.5 Å². The van der Waals surface area contributed by atoms with E-state index in [9.17, 15) is 14.7 Å². The Morgan fingerprint density at radius 2 is 2.00 bits per heavy atom. The Balaban J connectivity index is 2.21. The van der Waals surface area contributed by atoms with E-state index >= 15 is 0 Å². The minimum Gasteiger partial charge on any atom is -0.480 e. The van der Waals surface area contributed by atoms with Gasteiger partial charge in [-0.3, -0.25) is 9.48 Å². The highest BCUT2D eigenvalue weighted by Crippen LogP contribution is 2.30. The van der Waals surface area contributed by atoms with Crippen LogP contribution in [0.15, 0.2) is 6.07 Å². The molecule has 0 bridgehead atoms. The lowest BCUT2D eigenvalue weighted by Gasteiger charge is -2.25. The zero-order valence-corrected chi connectivity index (χ0v) is 12.1. The first kappa shape index (κ1) is 14.6. The average molecular weight is 279 g/mol. The van der Waals surface area contributed by atoms with E-state index in [2.05, 4.69) is 10.4 Å². The van der Waals surface area contributed by atoms with Crippen LogP contribution in [-0.4, -0.2) is 32.3 Å². The monoisotopic (exact) mass is 279 g/mol. The molecule has 6 heteroatoms. The van der Waals surface area contributed by atoms with Crippen LogP contribution in [0, 0.1) is 0 Å². The second-order valence-electron chi connectivity index (χ2n) is 5.78. The van der Waals surface area contributed by atoms with Crippen molar-refractivity contribution in [2.45, 2.75) is 51.0 Å². The first-order valence-electron chi connectivity index (χ1n) is 6.95. The Bertz CT molecular complexity index is 528. The summed E-state index contributed by atoms with van der Waals surface area (Å²) in [4.78, 5) is 23.8. The van der Waals surface area contributed by atoms with Crippen molar-refractivity contribution in [2.75, 3.05) is 0 Å². The van der Waals surface area contributed by atoms with Crippen molar-refractivity contribution >= 4 is 11.9 Å². The highest BCUT2D eigenvalue weighted by atomic mass is 16.4. The van der Waals surface area contributed by atoms with Crippen LogP contribution >= 0.6 is 0 Å². The van der Waals surface area contributed by atoms with Gasteiger partial charge in [0.25, 0.3) is 5.91 Å². The Kier molecular flexibility index (Phi) is 3.83. The summed E-state index contributed by atoms with van der Waals surface area (Å²) < 4.78 is 1.51. The molecule has 2 N–H and O–H groups in total. The topological polar surface area (TPSA) is 84.2 Å². The maximum Gasteiger partial charge on any atom is 0.329 e. The number of nitrogens with zero attached hydrogens (tertiary/aromatic N) is 2. The van der Waals surface area contributed by atoms with Crippen LogP contribution in [0.5, 0.6) is 0 Å². The van der Waals surface area contributed by atoms with Gasteiger partial charge in [-0.25, -0.2) is 4.79 Å². The Labute approximate surface area is 118 Å². The molecule has 0 unspecified atom stereocenters. The molecule has 2 rings (SSSR count). The summed E-state index contributed by atoms with van der Waals surface area (Å²) in [5, 5.41) is 16.4. The molecule has 0 atom stereocenters. The van der Waals surface area contributed by atoms with Crippen molar-refractivity contribution < 1.29 is 14.7 Å². The van der Waals surface area contributed by atoms with Crippen LogP contribution in [0.2, 0.25) is 0 Å². The molecule has 1 aromatic rings. The lowest BCUT2D eigenvalue weighted by molar-refractivity contribution is -0.144. The lowest BCUT2D eigenvalue weighted by atomic mass is 9.97. The van der Waals surface area contributed by atoms with Crippen molar-refractivity contribution in [1.29, 1.82) is 0 Å². The molecular formula is C14H21N3O3. The number of amides is 1. The summed E-state index contributed by atoms with van der Waals surface area (Å²) in [6.07, 6.45) is 2.64. The molecular weight excluding hydrogens is 258 g/mol. The van der Waals surface area contributed by atoms with Gasteiger partial charge in [-0.2, -0.15) is 5.10 Å². The fourth-order valence-electron chi connectivity index (χ4n) is 2.64. The standard InChI is InChI=1S/C14H21N3O3/c1-9(2)10-8-11(17(3)16-10)12(18)15-14(13(19)20)6-4-5-7-14/h8-9H,4-7H2,1-3H3,(H,15,18)(H,19,20). The van der Waals surface area contributed by atoms with Crippen molar-refractivity contribution in [2.24, 2.45) is 7.05 Å². The van der Waals surface area contributed by atoms with E-state index in [1.807, 2.05) is 13.8 Å². The second-order valence-corrected chi connectivity index (χ2v) is 5.78. The first-order chi connectivity index (χ1) is 9.35. The van der Waals surface area contributed by atoms with Crippen LogP contribution in [-0.2, 0) is 11.8 Å². The summed E-state index contributed by atoms with van der Waals surface area (Å²) in [6.45, 7) is 4.00. The smallest absolute Gasteiger partial charge is 0.329 e. The number of hydrogen-bond acceptors (Lipinski definition) is 3. The van der Waals surface area contributed by atoms with Crippen molar-refractivity contribution in [3.8, 4) is 0 Å². The minimum absolute atomic E-state index is 0.225. The van der Waals surface area contributed by atoms with E-state index in [4.69, 9.17) is 0 Å². The van der Waals surface area contributed by atoms with Gasteiger partial charge in [0.15, 0.2) is 0 Å². The number of carboxylic acid groups (broad SMARTS) is 1. The number of aryl methyl sites for hydroxylation is 1. The molecule has 1 amide bonds. The normalized spacial score (nSPS) is 17.4. The molecule has 1 aliphatic carbocycles. The van der Waals surface area contributed by atoms with Gasteiger partial charge in [0.1, 0.15) is 11.2 Å². The largest absolute Gasteiger partial charge is 0.480 e. The molecule has 0 aliphatic heterocycles. The molecule has 1 fully saturated rings. The number of carbonyl (C=O) groups excluding carboxylic acids is 1. The van der Waals surface area contributed by atoms with Crippen LogP contribution in [0.1, 0.15) is 61.6 Å². The van der Waals surface area contributed by atoms with Gasteiger partial charge in [-0.15, -0.1) is 0 Å². The van der Waals surface area contributed by atoms with Crippen LogP contribution in [0.3, 0.4) is 0 Å². The van der Waals surface area contributed by atoms with Crippen LogP contribution in [0.25, 0.3) is 0 Å². The fraction of sp³-hybridized carbons (Fsp3) is 0.643. The second kappa shape index (κ2) is 5.26. The molecule has 110 valence electrons. The highest BCUT2D eigenvalue weighted by Gasteiger charge is 2.43. The zero-order chi connectivity index (χ0) is 14.9. The van der Waals surface area contributed by atoms with Gasteiger partial charge in [0.2, 0.25) is 0 Å². The molecule has 0 spiro atoms. The van der Waals surface area contributed by atoms with Gasteiger partial charge in [0.05, 0.1) is 5.69 Å². The van der Waals surface area contributed by atoms with E-state index in [-0.39, 0.29) is 11.8 Å². The lowest BCUT2D eigenvalue weighted by Crippen LogP contribution is -2.52. The third-order valence-corrected chi connectivity index (χ3v) is 3.94. The van der Waals surface area contributed by atoms with E-state index in [0.717, 1.165) is 18.5 Å². The van der Waals surface area contributed by atoms with Crippen LogP contribution in [0.4, 0.5) is 0 Å². The van der Waals surface area contributed by atoms with Gasteiger partial charge in [-0.05, 0) is 24.8 Å². The fourth-order valence-corrected chi connectivity index (χ4v) is 2.64. The maximum absolute atomic E-state index is 12.3. The summed E-state index contributed by atoms with van der Waals surface area (Å²) in [6, 6.07) is 1.73. The molecule has 0 aromatic carbocycles. The van der Waals surface area contributed by atoms with Gasteiger partial charge < -0.3 is 10.4 Å². The van der Waals surface area contributed by atoms with E-state index in [0.29, 0.717) is 18.5 Å². The number of carbonyl (C=O) groups is 2. The molecule has 1 saturated carbocycles. The molecule has 1 heterocycles. The molecule has 0 saturated heterocycles. The number of hydrogen-bond donors (Lipinski definition) is 2. The predicted octanol–water partition coefficient (Wildman–Crippen LogP) is 1.67. The SMILES string of the molecule is CC(C)c1cc(C(=O)NC2(C(=O)O)CCCC2)n(C)n1.